The molecule has 0 amide bonds. The number of esters is 1. The second-order valence-corrected chi connectivity index (χ2v) is 5.68. The van der Waals surface area contributed by atoms with E-state index in [4.69, 9.17) is 20.1 Å². The van der Waals surface area contributed by atoms with Crippen LogP contribution in [-0.2, 0) is 4.74 Å². The summed E-state index contributed by atoms with van der Waals surface area (Å²) < 4.78 is 5.78. The van der Waals surface area contributed by atoms with Crippen molar-refractivity contribution < 1.29 is 34.8 Å². The topological polar surface area (TPSA) is 117 Å². The van der Waals surface area contributed by atoms with E-state index in [9.17, 15) is 4.79 Å². The number of quaternary nitrogens is 1. The molecule has 4 N–H and O–H groups in total. The minimum atomic E-state index is -0.651. The quantitative estimate of drug-likeness (QED) is 0.443. The fourth-order valence-corrected chi connectivity index (χ4v) is 1.00. The summed E-state index contributed by atoms with van der Waals surface area (Å²) in [5, 5.41) is 27.3. The molecule has 0 fully saturated rings. The van der Waals surface area contributed by atoms with E-state index in [2.05, 4.69) is 28.2 Å². The van der Waals surface area contributed by atoms with Gasteiger partial charge in [-0.2, -0.15) is 0 Å². The number of hydrogen-bond donors (Lipinski definition) is 3. The molecule has 0 atom stereocenters. The second-order valence-electron chi connectivity index (χ2n) is 5.68. The molecule has 0 aliphatic heterocycles. The first-order valence-corrected chi connectivity index (χ1v) is 6.27. The predicted octanol–water partition coefficient (Wildman–Crippen LogP) is 1.52. The van der Waals surface area contributed by atoms with Crippen LogP contribution in [0.3, 0.4) is 0 Å². The third-order valence-electron chi connectivity index (χ3n) is 1.74. The van der Waals surface area contributed by atoms with Crippen LogP contribution in [0.15, 0.2) is 12.1 Å². The van der Waals surface area contributed by atoms with Gasteiger partial charge in [-0.3, -0.25) is 0 Å². The smallest absolute Gasteiger partial charge is 0.338 e. The van der Waals surface area contributed by atoms with Crippen molar-refractivity contribution in [3.8, 4) is 17.2 Å². The molecular weight excluding hydrogens is 278 g/mol. The number of phenols is 3. The molecule has 122 valence electrons. The van der Waals surface area contributed by atoms with Crippen molar-refractivity contribution in [2.24, 2.45) is 0 Å². The van der Waals surface area contributed by atoms with Crippen LogP contribution < -0.4 is 0 Å². The number of rotatable bonds is 3. The molecule has 0 aliphatic rings. The van der Waals surface area contributed by atoms with Gasteiger partial charge in [0.25, 0.3) is 0 Å². The van der Waals surface area contributed by atoms with Crippen LogP contribution in [0.5, 0.6) is 17.2 Å². The molecule has 0 saturated heterocycles. The molecule has 1 rings (SSSR count). The number of phenolic OH excluding ortho intramolecular Hbond substituents is 3. The lowest BCUT2D eigenvalue weighted by molar-refractivity contribution is -0.849. The average Bonchev–Trinajstić information content (AvgIpc) is 2.30. The summed E-state index contributed by atoms with van der Waals surface area (Å²) in [6, 6.07) is 2.07. The summed E-state index contributed by atoms with van der Waals surface area (Å²) in [5.41, 5.74) is -0.00347. The largest absolute Gasteiger partial charge is 0.870 e. The van der Waals surface area contributed by atoms with Crippen molar-refractivity contribution >= 4 is 5.97 Å². The van der Waals surface area contributed by atoms with Gasteiger partial charge >= 0.3 is 5.97 Å². The highest BCUT2D eigenvalue weighted by Gasteiger charge is 2.14. The van der Waals surface area contributed by atoms with Crippen molar-refractivity contribution in [3.63, 3.8) is 0 Å². The Morgan fingerprint density at radius 1 is 1.10 bits per heavy atom. The Balaban J connectivity index is 0. The number of nitrogens with zero attached hydrogens (tertiary/aromatic N) is 1. The molecule has 0 radical (unpaired) electrons. The van der Waals surface area contributed by atoms with Gasteiger partial charge in [0.15, 0.2) is 17.2 Å². The first-order valence-electron chi connectivity index (χ1n) is 6.27. The summed E-state index contributed by atoms with van der Waals surface area (Å²) in [6.45, 7) is 2.11. The maximum absolute atomic E-state index is 11.3. The summed E-state index contributed by atoms with van der Waals surface area (Å²) in [6.07, 6.45) is 0.682. The average molecular weight is 303 g/mol. The van der Waals surface area contributed by atoms with Crippen molar-refractivity contribution in [1.29, 1.82) is 0 Å². The minimum absolute atomic E-state index is 0. The number of ether oxygens (including phenoxy) is 1. The molecule has 1 aromatic carbocycles. The number of carbonyl (C=O) groups is 1. The van der Waals surface area contributed by atoms with Gasteiger partial charge in [0.1, 0.15) is 0 Å². The standard InChI is InChI=1S/C10H12O5.C4H12N.H2O/c1-2-3-15-10(14)6-4-7(11)9(13)8(12)5-6;1-5(2,3)4;/h4-5,11-13H,2-3H2,1H3;1-4H3;1H2/q;+1;/p-1. The molecule has 0 saturated carbocycles. The van der Waals surface area contributed by atoms with Crippen molar-refractivity contribution in [2.45, 2.75) is 13.3 Å². The van der Waals surface area contributed by atoms with E-state index in [1.807, 2.05) is 6.92 Å². The first kappa shape index (κ1) is 21.3. The lowest BCUT2D eigenvalue weighted by Gasteiger charge is -2.14. The van der Waals surface area contributed by atoms with E-state index < -0.39 is 23.2 Å². The van der Waals surface area contributed by atoms with Gasteiger partial charge in [0.2, 0.25) is 0 Å². The van der Waals surface area contributed by atoms with Crippen LogP contribution in [0.4, 0.5) is 0 Å². The minimum Gasteiger partial charge on any atom is -0.870 e. The van der Waals surface area contributed by atoms with E-state index in [1.165, 1.54) is 0 Å². The van der Waals surface area contributed by atoms with Crippen molar-refractivity contribution in [2.75, 3.05) is 34.8 Å². The number of benzene rings is 1. The lowest BCUT2D eigenvalue weighted by Crippen LogP contribution is -2.27. The number of carbonyl (C=O) groups excluding carboxylic acids is 1. The van der Waals surface area contributed by atoms with Gasteiger partial charge in [-0.1, -0.05) is 6.92 Å². The fraction of sp³-hybridized carbons (Fsp3) is 0.500. The normalized spacial score (nSPS) is 9.95. The number of aromatic hydroxyl groups is 3. The third kappa shape index (κ3) is 9.53. The SMILES string of the molecule is CCCOC(=O)c1cc(O)c(O)c(O)c1.C[N+](C)(C)C.[OH-]. The van der Waals surface area contributed by atoms with Crippen LogP contribution in [0.1, 0.15) is 23.7 Å². The Hall–Kier alpha value is -1.99. The molecule has 0 aromatic heterocycles. The predicted molar refractivity (Wildman–Crippen MR) is 77.9 cm³/mol. The second kappa shape index (κ2) is 9.04. The maximum atomic E-state index is 11.3. The van der Waals surface area contributed by atoms with Crippen molar-refractivity contribution in [3.05, 3.63) is 17.7 Å². The molecule has 1 aromatic rings. The van der Waals surface area contributed by atoms with Crippen LogP contribution in [0.2, 0.25) is 0 Å². The van der Waals surface area contributed by atoms with Gasteiger partial charge in [-0.05, 0) is 18.6 Å². The molecule has 0 unspecified atom stereocenters. The van der Waals surface area contributed by atoms with Crippen molar-refractivity contribution in [1.82, 2.24) is 0 Å². The van der Waals surface area contributed by atoms with E-state index in [0.717, 1.165) is 16.6 Å². The van der Waals surface area contributed by atoms with Gasteiger partial charge in [-0.25, -0.2) is 4.79 Å². The maximum Gasteiger partial charge on any atom is 0.338 e. The molecule has 0 aliphatic carbocycles. The summed E-state index contributed by atoms with van der Waals surface area (Å²) >= 11 is 0. The van der Waals surface area contributed by atoms with E-state index >= 15 is 0 Å². The fourth-order valence-electron chi connectivity index (χ4n) is 1.00. The zero-order valence-corrected chi connectivity index (χ0v) is 13.1. The Morgan fingerprint density at radius 3 is 1.81 bits per heavy atom. The van der Waals surface area contributed by atoms with E-state index in [0.29, 0.717) is 6.42 Å². The van der Waals surface area contributed by atoms with Crippen LogP contribution in [-0.4, -0.2) is 66.0 Å². The molecule has 21 heavy (non-hydrogen) atoms. The van der Waals surface area contributed by atoms with Gasteiger partial charge in [0, 0.05) is 0 Å². The molecule has 0 heterocycles. The Labute approximate surface area is 124 Å². The molecule has 0 bridgehead atoms. The highest BCUT2D eigenvalue weighted by atomic mass is 16.5. The third-order valence-corrected chi connectivity index (χ3v) is 1.74. The van der Waals surface area contributed by atoms with E-state index in [-0.39, 0.29) is 17.6 Å². The molecular formula is C14H25NO6. The summed E-state index contributed by atoms with van der Waals surface area (Å²) in [7, 11) is 8.50. The van der Waals surface area contributed by atoms with E-state index in [1.54, 1.807) is 0 Å². The van der Waals surface area contributed by atoms with Crippen LogP contribution in [0, 0.1) is 0 Å². The Kier molecular flexibility index (Phi) is 9.17. The number of hydrogen-bond acceptors (Lipinski definition) is 6. The molecule has 0 spiro atoms. The highest BCUT2D eigenvalue weighted by molar-refractivity contribution is 5.91. The lowest BCUT2D eigenvalue weighted by atomic mass is 10.2. The first-order chi connectivity index (χ1) is 9.06. The zero-order valence-electron chi connectivity index (χ0n) is 13.1. The van der Waals surface area contributed by atoms with Gasteiger partial charge in [-0.15, -0.1) is 0 Å². The summed E-state index contributed by atoms with van der Waals surface area (Å²) in [5.74, 6) is -2.42. The van der Waals surface area contributed by atoms with Crippen LogP contribution >= 0.6 is 0 Å². The van der Waals surface area contributed by atoms with Gasteiger partial charge in [0.05, 0.1) is 40.4 Å². The monoisotopic (exact) mass is 303 g/mol. The molecule has 7 heteroatoms. The molecule has 7 nitrogen and oxygen atoms in total. The van der Waals surface area contributed by atoms with Gasteiger partial charge < -0.3 is 30.0 Å². The Bertz CT molecular complexity index is 424. The summed E-state index contributed by atoms with van der Waals surface area (Å²) in [4.78, 5) is 11.3. The zero-order chi connectivity index (χ0) is 15.9. The van der Waals surface area contributed by atoms with Crippen LogP contribution in [0.25, 0.3) is 0 Å². The Morgan fingerprint density at radius 2 is 1.48 bits per heavy atom. The highest BCUT2D eigenvalue weighted by Crippen LogP contribution is 2.35.